The minimum absolute atomic E-state index is 0.164. The molecule has 1 aliphatic heterocycles. The predicted octanol–water partition coefficient (Wildman–Crippen LogP) is 3.67. The van der Waals surface area contributed by atoms with Crippen molar-refractivity contribution in [3.8, 4) is 0 Å². The van der Waals surface area contributed by atoms with E-state index in [0.717, 1.165) is 32.5 Å². The molecule has 1 atom stereocenters. The molecule has 0 radical (unpaired) electrons. The van der Waals surface area contributed by atoms with Crippen molar-refractivity contribution in [2.45, 2.75) is 58.0 Å². The Bertz CT molecular complexity index is 181. The van der Waals surface area contributed by atoms with Crippen LogP contribution in [0.1, 0.15) is 52.4 Å². The van der Waals surface area contributed by atoms with Crippen molar-refractivity contribution in [3.05, 3.63) is 12.3 Å². The van der Waals surface area contributed by atoms with E-state index in [9.17, 15) is 0 Å². The van der Waals surface area contributed by atoms with Gasteiger partial charge in [0.25, 0.3) is 0 Å². The van der Waals surface area contributed by atoms with Gasteiger partial charge in [-0.05, 0) is 45.4 Å². The van der Waals surface area contributed by atoms with Gasteiger partial charge in [-0.25, -0.2) is 0 Å². The van der Waals surface area contributed by atoms with Gasteiger partial charge in [0, 0.05) is 6.61 Å². The fourth-order valence-corrected chi connectivity index (χ4v) is 2.20. The molecule has 1 saturated heterocycles. The number of ether oxygens (including phenoxy) is 2. The van der Waals surface area contributed by atoms with Gasteiger partial charge >= 0.3 is 0 Å². The van der Waals surface area contributed by atoms with Gasteiger partial charge in [0.15, 0.2) is 0 Å². The maximum atomic E-state index is 5.95. The molecular formula is C13H24O2. The minimum Gasteiger partial charge on any atom is -0.502 e. The third-order valence-corrected chi connectivity index (χ3v) is 3.21. The van der Waals surface area contributed by atoms with E-state index in [1.165, 1.54) is 19.3 Å². The second-order valence-corrected chi connectivity index (χ2v) is 4.29. The summed E-state index contributed by atoms with van der Waals surface area (Å²) in [5.41, 5.74) is 0.164. The lowest BCUT2D eigenvalue weighted by molar-refractivity contribution is -0.0884. The Balaban J connectivity index is 2.20. The molecule has 0 aliphatic carbocycles. The zero-order valence-electron chi connectivity index (χ0n) is 10.1. The van der Waals surface area contributed by atoms with E-state index in [1.807, 2.05) is 13.0 Å². The molecule has 15 heavy (non-hydrogen) atoms. The summed E-state index contributed by atoms with van der Waals surface area (Å²) < 4.78 is 11.3. The summed E-state index contributed by atoms with van der Waals surface area (Å²) in [5.74, 6) is 0. The Morgan fingerprint density at radius 2 is 2.27 bits per heavy atom. The van der Waals surface area contributed by atoms with Crippen molar-refractivity contribution in [3.63, 3.8) is 0 Å². The molecule has 1 unspecified atom stereocenters. The second-order valence-electron chi connectivity index (χ2n) is 4.29. The van der Waals surface area contributed by atoms with Crippen LogP contribution < -0.4 is 0 Å². The van der Waals surface area contributed by atoms with Crippen LogP contribution in [0.25, 0.3) is 0 Å². The summed E-state index contributed by atoms with van der Waals surface area (Å²) >= 11 is 0. The van der Waals surface area contributed by atoms with Gasteiger partial charge in [0.2, 0.25) is 0 Å². The van der Waals surface area contributed by atoms with E-state index in [-0.39, 0.29) is 5.60 Å². The highest BCUT2D eigenvalue weighted by atomic mass is 16.5. The average Bonchev–Trinajstić information content (AvgIpc) is 2.30. The van der Waals surface area contributed by atoms with Gasteiger partial charge in [0.05, 0.1) is 18.5 Å². The number of hydrogen-bond acceptors (Lipinski definition) is 2. The molecule has 1 fully saturated rings. The zero-order chi connectivity index (χ0) is 11.0. The summed E-state index contributed by atoms with van der Waals surface area (Å²) in [6.45, 7) is 5.97. The summed E-state index contributed by atoms with van der Waals surface area (Å²) in [7, 11) is 0. The quantitative estimate of drug-likeness (QED) is 0.494. The Labute approximate surface area is 93.7 Å². The number of rotatable bonds is 6. The molecule has 0 saturated carbocycles. The van der Waals surface area contributed by atoms with Crippen molar-refractivity contribution in [1.29, 1.82) is 0 Å². The van der Waals surface area contributed by atoms with Gasteiger partial charge in [-0.1, -0.05) is 13.0 Å². The van der Waals surface area contributed by atoms with Crippen LogP contribution in [0.2, 0.25) is 0 Å². The third-order valence-electron chi connectivity index (χ3n) is 3.21. The molecule has 0 amide bonds. The lowest BCUT2D eigenvalue weighted by Gasteiger charge is -2.36. The van der Waals surface area contributed by atoms with Crippen LogP contribution in [-0.2, 0) is 9.47 Å². The second kappa shape index (κ2) is 6.89. The molecule has 88 valence electrons. The fourth-order valence-electron chi connectivity index (χ4n) is 2.20. The minimum atomic E-state index is 0.164. The number of allylic oxidation sites excluding steroid dienone is 1. The highest BCUT2D eigenvalue weighted by molar-refractivity contribution is 4.82. The van der Waals surface area contributed by atoms with E-state index >= 15 is 0 Å². The first-order valence-corrected chi connectivity index (χ1v) is 6.20. The van der Waals surface area contributed by atoms with Crippen LogP contribution in [0.5, 0.6) is 0 Å². The lowest BCUT2D eigenvalue weighted by Crippen LogP contribution is -2.35. The van der Waals surface area contributed by atoms with Gasteiger partial charge in [0.1, 0.15) is 0 Å². The van der Waals surface area contributed by atoms with Crippen LogP contribution in [0, 0.1) is 0 Å². The topological polar surface area (TPSA) is 18.5 Å². The number of hydrogen-bond donors (Lipinski definition) is 0. The van der Waals surface area contributed by atoms with E-state index in [2.05, 4.69) is 6.92 Å². The molecule has 0 spiro atoms. The molecule has 1 heterocycles. The van der Waals surface area contributed by atoms with Crippen LogP contribution in [0.15, 0.2) is 12.3 Å². The molecule has 0 aromatic rings. The highest BCUT2D eigenvalue weighted by Gasteiger charge is 2.30. The van der Waals surface area contributed by atoms with Gasteiger partial charge < -0.3 is 9.47 Å². The van der Waals surface area contributed by atoms with E-state index in [0.29, 0.717) is 0 Å². The largest absolute Gasteiger partial charge is 0.502 e. The van der Waals surface area contributed by atoms with Gasteiger partial charge in [-0.2, -0.15) is 0 Å². The van der Waals surface area contributed by atoms with Crippen LogP contribution >= 0.6 is 0 Å². The smallest absolute Gasteiger partial charge is 0.0874 e. The Kier molecular flexibility index (Phi) is 5.77. The lowest BCUT2D eigenvalue weighted by atomic mass is 9.87. The molecule has 1 aliphatic rings. The first-order valence-electron chi connectivity index (χ1n) is 6.20. The van der Waals surface area contributed by atoms with Crippen molar-refractivity contribution in [2.24, 2.45) is 0 Å². The monoisotopic (exact) mass is 212 g/mol. The molecule has 2 nitrogen and oxygen atoms in total. The van der Waals surface area contributed by atoms with Crippen LogP contribution in [0.4, 0.5) is 0 Å². The van der Waals surface area contributed by atoms with Crippen LogP contribution in [-0.4, -0.2) is 18.8 Å². The maximum Gasteiger partial charge on any atom is 0.0874 e. The summed E-state index contributed by atoms with van der Waals surface area (Å²) in [6, 6.07) is 0. The summed E-state index contributed by atoms with van der Waals surface area (Å²) in [5, 5.41) is 0. The first kappa shape index (κ1) is 12.6. The normalized spacial score (nSPS) is 27.1. The molecule has 0 bridgehead atoms. The molecular weight excluding hydrogens is 188 g/mol. The Hall–Kier alpha value is -0.500. The molecule has 0 aromatic heterocycles. The summed E-state index contributed by atoms with van der Waals surface area (Å²) in [4.78, 5) is 0. The standard InChI is InChI=1S/C13H24O2/c1-3-10-14-11-7-9-13(4-2)8-5-6-12-15-13/h3,10H,4-9,11-12H2,1-2H3/b10-3+. The van der Waals surface area contributed by atoms with Crippen molar-refractivity contribution < 1.29 is 9.47 Å². The molecule has 1 rings (SSSR count). The molecule has 0 N–H and O–H groups in total. The van der Waals surface area contributed by atoms with E-state index < -0.39 is 0 Å². The Morgan fingerprint density at radius 3 is 2.87 bits per heavy atom. The average molecular weight is 212 g/mol. The first-order chi connectivity index (χ1) is 7.33. The SMILES string of the molecule is C/C=C/OCCCC1(CC)CCCCO1. The van der Waals surface area contributed by atoms with E-state index in [1.54, 1.807) is 6.26 Å². The third kappa shape index (κ3) is 4.25. The fraction of sp³-hybridized carbons (Fsp3) is 0.846. The zero-order valence-corrected chi connectivity index (χ0v) is 10.1. The highest BCUT2D eigenvalue weighted by Crippen LogP contribution is 2.32. The van der Waals surface area contributed by atoms with E-state index in [4.69, 9.17) is 9.47 Å². The summed E-state index contributed by atoms with van der Waals surface area (Å²) in [6.07, 6.45) is 10.8. The maximum absolute atomic E-state index is 5.95. The molecule has 2 heteroatoms. The van der Waals surface area contributed by atoms with Crippen molar-refractivity contribution in [2.75, 3.05) is 13.2 Å². The molecule has 0 aromatic carbocycles. The van der Waals surface area contributed by atoms with Crippen molar-refractivity contribution in [1.82, 2.24) is 0 Å². The van der Waals surface area contributed by atoms with Gasteiger partial charge in [-0.3, -0.25) is 0 Å². The Morgan fingerprint density at radius 1 is 1.40 bits per heavy atom. The van der Waals surface area contributed by atoms with Gasteiger partial charge in [-0.15, -0.1) is 0 Å². The van der Waals surface area contributed by atoms with Crippen LogP contribution in [0.3, 0.4) is 0 Å². The predicted molar refractivity (Wildman–Crippen MR) is 62.8 cm³/mol. The van der Waals surface area contributed by atoms with Crippen molar-refractivity contribution >= 4 is 0 Å².